The largest absolute Gasteiger partial charge is 0.469 e. The van der Waals surface area contributed by atoms with Crippen molar-refractivity contribution in [1.29, 1.82) is 0 Å². The van der Waals surface area contributed by atoms with Crippen molar-refractivity contribution < 1.29 is 9.53 Å². The van der Waals surface area contributed by atoms with Gasteiger partial charge in [0.25, 0.3) is 0 Å². The van der Waals surface area contributed by atoms with Gasteiger partial charge in [-0.2, -0.15) is 0 Å². The van der Waals surface area contributed by atoms with E-state index in [0.717, 1.165) is 5.69 Å². The van der Waals surface area contributed by atoms with Crippen molar-refractivity contribution in [3.8, 4) is 0 Å². The molecule has 0 amide bonds. The first-order valence-electron chi connectivity index (χ1n) is 6.18. The molecule has 0 unspecified atom stereocenters. The molecule has 0 saturated heterocycles. The molecule has 0 heterocycles. The maximum absolute atomic E-state index is 11.6. The van der Waals surface area contributed by atoms with Gasteiger partial charge in [0.15, 0.2) is 0 Å². The van der Waals surface area contributed by atoms with E-state index in [2.05, 4.69) is 38.2 Å². The van der Waals surface area contributed by atoms with Crippen LogP contribution >= 0.6 is 0 Å². The lowest BCUT2D eigenvalue weighted by atomic mass is 9.93. The highest BCUT2D eigenvalue weighted by atomic mass is 16.5. The summed E-state index contributed by atoms with van der Waals surface area (Å²) >= 11 is 0. The smallest absolute Gasteiger partial charge is 0.313 e. The van der Waals surface area contributed by atoms with Crippen LogP contribution in [0.4, 0.5) is 5.69 Å². The van der Waals surface area contributed by atoms with Gasteiger partial charge >= 0.3 is 5.97 Å². The predicted octanol–water partition coefficient (Wildman–Crippen LogP) is 3.22. The number of methoxy groups -OCH3 is 1. The number of hydrogen-bond donors (Lipinski definition) is 1. The van der Waals surface area contributed by atoms with Gasteiger partial charge in [-0.25, -0.2) is 0 Å². The van der Waals surface area contributed by atoms with E-state index in [4.69, 9.17) is 4.74 Å². The zero-order valence-corrected chi connectivity index (χ0v) is 12.2. The van der Waals surface area contributed by atoms with E-state index in [1.165, 1.54) is 23.8 Å². The van der Waals surface area contributed by atoms with Crippen molar-refractivity contribution in [2.45, 2.75) is 34.6 Å². The lowest BCUT2D eigenvalue weighted by Crippen LogP contribution is -2.33. The summed E-state index contributed by atoms with van der Waals surface area (Å²) in [7, 11) is 1.42. The minimum absolute atomic E-state index is 0.197. The van der Waals surface area contributed by atoms with Gasteiger partial charge in [-0.15, -0.1) is 0 Å². The number of nitrogens with one attached hydrogen (secondary N) is 1. The Hall–Kier alpha value is -1.51. The number of aryl methyl sites for hydroxylation is 3. The summed E-state index contributed by atoms with van der Waals surface area (Å²) in [6.07, 6.45) is 0. The summed E-state index contributed by atoms with van der Waals surface area (Å²) < 4.78 is 4.80. The topological polar surface area (TPSA) is 38.3 Å². The molecule has 0 atom stereocenters. The average Bonchev–Trinajstić information content (AvgIpc) is 2.26. The van der Waals surface area contributed by atoms with Crippen LogP contribution in [0.5, 0.6) is 0 Å². The van der Waals surface area contributed by atoms with Gasteiger partial charge in [0.05, 0.1) is 12.5 Å². The Morgan fingerprint density at radius 3 is 2.17 bits per heavy atom. The fourth-order valence-electron chi connectivity index (χ4n) is 2.12. The Bertz CT molecular complexity index is 427. The third kappa shape index (κ3) is 3.25. The maximum Gasteiger partial charge on any atom is 0.313 e. The molecule has 100 valence electrons. The van der Waals surface area contributed by atoms with Crippen LogP contribution in [0.25, 0.3) is 0 Å². The van der Waals surface area contributed by atoms with E-state index >= 15 is 0 Å². The molecule has 3 heteroatoms. The Morgan fingerprint density at radius 1 is 1.22 bits per heavy atom. The monoisotopic (exact) mass is 249 g/mol. The van der Waals surface area contributed by atoms with Gasteiger partial charge in [-0.1, -0.05) is 17.7 Å². The van der Waals surface area contributed by atoms with E-state index in [0.29, 0.717) is 6.54 Å². The molecule has 0 aliphatic heterocycles. The van der Waals surface area contributed by atoms with E-state index in [1.54, 1.807) is 0 Å². The summed E-state index contributed by atoms with van der Waals surface area (Å²) in [5.74, 6) is -0.197. The SMILES string of the molecule is COC(=O)C(C)(C)CNc1c(C)cc(C)cc1C. The molecule has 1 aromatic rings. The molecule has 0 spiro atoms. The first-order chi connectivity index (χ1) is 8.27. The zero-order chi connectivity index (χ0) is 13.9. The van der Waals surface area contributed by atoms with Gasteiger partial charge in [0, 0.05) is 12.2 Å². The summed E-state index contributed by atoms with van der Waals surface area (Å²) in [6, 6.07) is 4.28. The van der Waals surface area contributed by atoms with Crippen LogP contribution in [0.2, 0.25) is 0 Å². The highest BCUT2D eigenvalue weighted by Crippen LogP contribution is 2.24. The molecular formula is C15H23NO2. The summed E-state index contributed by atoms with van der Waals surface area (Å²) in [5.41, 5.74) is 4.24. The molecular weight excluding hydrogens is 226 g/mol. The molecule has 18 heavy (non-hydrogen) atoms. The Kier molecular flexibility index (Phi) is 4.38. The van der Waals surface area contributed by atoms with Crippen LogP contribution in [-0.4, -0.2) is 19.6 Å². The average molecular weight is 249 g/mol. The fourth-order valence-corrected chi connectivity index (χ4v) is 2.12. The highest BCUT2D eigenvalue weighted by Gasteiger charge is 2.28. The maximum atomic E-state index is 11.6. The highest BCUT2D eigenvalue weighted by molar-refractivity contribution is 5.76. The van der Waals surface area contributed by atoms with Crippen molar-refractivity contribution in [2.24, 2.45) is 5.41 Å². The van der Waals surface area contributed by atoms with Crippen molar-refractivity contribution in [1.82, 2.24) is 0 Å². The molecule has 0 aromatic heterocycles. The van der Waals surface area contributed by atoms with Crippen LogP contribution < -0.4 is 5.32 Å². The molecule has 1 rings (SSSR count). The number of ether oxygens (including phenoxy) is 1. The first-order valence-corrected chi connectivity index (χ1v) is 6.18. The number of esters is 1. The number of carbonyl (C=O) groups excluding carboxylic acids is 1. The molecule has 0 aliphatic rings. The third-order valence-corrected chi connectivity index (χ3v) is 3.12. The van der Waals surface area contributed by atoms with E-state index in [1.807, 2.05) is 13.8 Å². The second-order valence-electron chi connectivity index (χ2n) is 5.50. The summed E-state index contributed by atoms with van der Waals surface area (Å²) in [4.78, 5) is 11.6. The Labute approximate surface area is 110 Å². The molecule has 0 fully saturated rings. The van der Waals surface area contributed by atoms with E-state index in [9.17, 15) is 4.79 Å². The number of anilines is 1. The predicted molar refractivity (Wildman–Crippen MR) is 74.9 cm³/mol. The van der Waals surface area contributed by atoms with Crippen molar-refractivity contribution in [3.63, 3.8) is 0 Å². The van der Waals surface area contributed by atoms with Crippen molar-refractivity contribution >= 4 is 11.7 Å². The second-order valence-corrected chi connectivity index (χ2v) is 5.50. The molecule has 1 N–H and O–H groups in total. The lowest BCUT2D eigenvalue weighted by Gasteiger charge is -2.24. The fraction of sp³-hybridized carbons (Fsp3) is 0.533. The van der Waals surface area contributed by atoms with Gasteiger partial charge in [0.2, 0.25) is 0 Å². The number of rotatable bonds is 4. The van der Waals surface area contributed by atoms with Gasteiger partial charge < -0.3 is 10.1 Å². The van der Waals surface area contributed by atoms with E-state index < -0.39 is 5.41 Å². The van der Waals surface area contributed by atoms with Crippen molar-refractivity contribution in [3.05, 3.63) is 28.8 Å². The molecule has 0 radical (unpaired) electrons. The lowest BCUT2D eigenvalue weighted by molar-refractivity contribution is -0.149. The minimum atomic E-state index is -0.529. The van der Waals surface area contributed by atoms with Crippen LogP contribution in [0, 0.1) is 26.2 Å². The quantitative estimate of drug-likeness (QED) is 0.833. The molecule has 0 bridgehead atoms. The van der Waals surface area contributed by atoms with Crippen LogP contribution in [0.3, 0.4) is 0 Å². The van der Waals surface area contributed by atoms with E-state index in [-0.39, 0.29) is 5.97 Å². The van der Waals surface area contributed by atoms with Crippen LogP contribution in [0.1, 0.15) is 30.5 Å². The molecule has 0 aliphatic carbocycles. The summed E-state index contributed by atoms with van der Waals surface area (Å²) in [5, 5.41) is 3.36. The standard InChI is InChI=1S/C15H23NO2/c1-10-7-11(2)13(12(3)8-10)16-9-15(4,5)14(17)18-6/h7-8,16H,9H2,1-6H3. The van der Waals surface area contributed by atoms with Crippen LogP contribution in [0.15, 0.2) is 12.1 Å². The normalized spacial score (nSPS) is 11.2. The van der Waals surface area contributed by atoms with Gasteiger partial charge in [-0.3, -0.25) is 4.79 Å². The van der Waals surface area contributed by atoms with Crippen molar-refractivity contribution in [2.75, 3.05) is 19.0 Å². The number of carbonyl (C=O) groups is 1. The number of benzene rings is 1. The Balaban J connectivity index is 2.84. The molecule has 1 aromatic carbocycles. The van der Waals surface area contributed by atoms with Gasteiger partial charge in [0.1, 0.15) is 0 Å². The van der Waals surface area contributed by atoms with Crippen LogP contribution in [-0.2, 0) is 9.53 Å². The number of hydrogen-bond acceptors (Lipinski definition) is 3. The molecule has 3 nitrogen and oxygen atoms in total. The summed E-state index contributed by atoms with van der Waals surface area (Å²) in [6.45, 7) is 10.6. The third-order valence-electron chi connectivity index (χ3n) is 3.12. The first kappa shape index (κ1) is 14.6. The van der Waals surface area contributed by atoms with Gasteiger partial charge in [-0.05, 0) is 45.7 Å². The minimum Gasteiger partial charge on any atom is -0.469 e. The second kappa shape index (κ2) is 5.42. The molecule has 0 saturated carbocycles. The Morgan fingerprint density at radius 2 is 1.72 bits per heavy atom. The zero-order valence-electron chi connectivity index (χ0n) is 12.2.